The third kappa shape index (κ3) is 6.87. The van der Waals surface area contributed by atoms with Crippen molar-refractivity contribution in [2.45, 2.75) is 26.2 Å². The molecule has 0 heterocycles. The van der Waals surface area contributed by atoms with E-state index in [1.807, 2.05) is 36.4 Å². The quantitative estimate of drug-likeness (QED) is 0.478. The van der Waals surface area contributed by atoms with Crippen LogP contribution >= 0.6 is 0 Å². The number of benzene rings is 1. The molecule has 0 amide bonds. The molecule has 4 heteroatoms. The molecule has 0 N–H and O–H groups in total. The van der Waals surface area contributed by atoms with Crippen LogP contribution in [0.15, 0.2) is 60.5 Å². The molecule has 0 aromatic heterocycles. The van der Waals surface area contributed by atoms with Gasteiger partial charge in [-0.05, 0) is 24.5 Å². The van der Waals surface area contributed by atoms with Crippen molar-refractivity contribution in [2.75, 3.05) is 13.1 Å². The minimum Gasteiger partial charge on any atom is -0.208 e. The number of unbranched alkanes of at least 4 members (excludes halogenated alkanes) is 1. The predicted octanol–water partition coefficient (Wildman–Crippen LogP) is 4.22. The summed E-state index contributed by atoms with van der Waals surface area (Å²) in [7, 11) is -3.37. The highest BCUT2D eigenvalue weighted by atomic mass is 32.2. The molecule has 0 bridgehead atoms. The molecule has 1 rings (SSSR count). The molecule has 3 nitrogen and oxygen atoms in total. The molecule has 0 spiro atoms. The lowest BCUT2D eigenvalue weighted by atomic mass is 10.2. The number of hydrogen-bond acceptors (Lipinski definition) is 2. The van der Waals surface area contributed by atoms with Gasteiger partial charge in [-0.15, -0.1) is 6.58 Å². The van der Waals surface area contributed by atoms with Crippen molar-refractivity contribution in [3.8, 4) is 0 Å². The molecule has 0 fully saturated rings. The van der Waals surface area contributed by atoms with Crippen molar-refractivity contribution in [1.82, 2.24) is 4.31 Å². The Kier molecular flexibility index (Phi) is 8.48. The zero-order chi connectivity index (χ0) is 16.3. The van der Waals surface area contributed by atoms with Crippen molar-refractivity contribution < 1.29 is 8.42 Å². The Hall–Kier alpha value is -1.65. The van der Waals surface area contributed by atoms with E-state index in [-0.39, 0.29) is 0 Å². The van der Waals surface area contributed by atoms with Gasteiger partial charge in [0.25, 0.3) is 0 Å². The molecule has 0 aliphatic carbocycles. The second-order valence-corrected chi connectivity index (χ2v) is 6.79. The van der Waals surface area contributed by atoms with Gasteiger partial charge < -0.3 is 0 Å². The second kappa shape index (κ2) is 10.1. The van der Waals surface area contributed by atoms with E-state index in [0.29, 0.717) is 19.5 Å². The van der Waals surface area contributed by atoms with Gasteiger partial charge in [0.1, 0.15) is 0 Å². The molecule has 0 unspecified atom stereocenters. The maximum Gasteiger partial charge on any atom is 0.236 e. The lowest BCUT2D eigenvalue weighted by Gasteiger charge is -2.19. The molecule has 0 aliphatic rings. The van der Waals surface area contributed by atoms with Crippen molar-refractivity contribution in [1.29, 1.82) is 0 Å². The van der Waals surface area contributed by atoms with Crippen LogP contribution in [0.3, 0.4) is 0 Å². The molecule has 0 saturated heterocycles. The van der Waals surface area contributed by atoms with Gasteiger partial charge >= 0.3 is 0 Å². The average Bonchev–Trinajstić information content (AvgIpc) is 2.52. The van der Waals surface area contributed by atoms with E-state index >= 15 is 0 Å². The van der Waals surface area contributed by atoms with Crippen molar-refractivity contribution in [3.63, 3.8) is 0 Å². The van der Waals surface area contributed by atoms with Gasteiger partial charge in [-0.3, -0.25) is 0 Å². The third-order valence-corrected chi connectivity index (χ3v) is 4.74. The van der Waals surface area contributed by atoms with E-state index in [4.69, 9.17) is 0 Å². The molecule has 1 aromatic rings. The Balaban J connectivity index is 2.70. The van der Waals surface area contributed by atoms with Crippen LogP contribution in [-0.2, 0) is 10.0 Å². The van der Waals surface area contributed by atoms with E-state index in [1.54, 1.807) is 18.2 Å². The first-order valence-corrected chi connectivity index (χ1v) is 9.11. The first kappa shape index (κ1) is 18.4. The fraction of sp³-hybridized carbons (Fsp3) is 0.333. The van der Waals surface area contributed by atoms with Gasteiger partial charge in [0.05, 0.1) is 0 Å². The lowest BCUT2D eigenvalue weighted by Crippen LogP contribution is -2.31. The van der Waals surface area contributed by atoms with Crippen LogP contribution < -0.4 is 0 Å². The highest BCUT2D eigenvalue weighted by Gasteiger charge is 2.16. The molecule has 0 radical (unpaired) electrons. The zero-order valence-electron chi connectivity index (χ0n) is 13.2. The smallest absolute Gasteiger partial charge is 0.208 e. The molecule has 0 saturated carbocycles. The largest absolute Gasteiger partial charge is 0.236 e. The molecule has 0 atom stereocenters. The van der Waals surface area contributed by atoms with Gasteiger partial charge in [0.2, 0.25) is 10.0 Å². The standard InChI is InChI=1S/C18H25NO2S/c1-3-5-15-19(16-6-4-2)22(20,21)17-11-10-14-18-12-8-7-9-13-18/h3,7-14,17H,1,4-6,15-16H2,2H3/b14-10+,17-11+. The van der Waals surface area contributed by atoms with Crippen LogP contribution in [0.25, 0.3) is 6.08 Å². The maximum atomic E-state index is 12.3. The van der Waals surface area contributed by atoms with Crippen LogP contribution in [0, 0.1) is 0 Å². The van der Waals surface area contributed by atoms with E-state index in [9.17, 15) is 8.42 Å². The van der Waals surface area contributed by atoms with Gasteiger partial charge in [-0.2, -0.15) is 4.31 Å². The Morgan fingerprint density at radius 3 is 2.50 bits per heavy atom. The summed E-state index contributed by atoms with van der Waals surface area (Å²) < 4.78 is 26.2. The van der Waals surface area contributed by atoms with Gasteiger partial charge in [0.15, 0.2) is 0 Å². The molecular formula is C18H25NO2S. The van der Waals surface area contributed by atoms with Crippen molar-refractivity contribution >= 4 is 16.1 Å². The van der Waals surface area contributed by atoms with E-state index < -0.39 is 10.0 Å². The molecule has 120 valence electrons. The van der Waals surface area contributed by atoms with Crippen LogP contribution in [0.1, 0.15) is 31.7 Å². The second-order valence-electron chi connectivity index (χ2n) is 4.97. The normalized spacial score (nSPS) is 12.5. The summed E-state index contributed by atoms with van der Waals surface area (Å²) in [6.45, 7) is 6.75. The summed E-state index contributed by atoms with van der Waals surface area (Å²) >= 11 is 0. The summed E-state index contributed by atoms with van der Waals surface area (Å²) in [5, 5.41) is 1.27. The first-order chi connectivity index (χ1) is 10.6. The van der Waals surface area contributed by atoms with Crippen LogP contribution in [0.5, 0.6) is 0 Å². The third-order valence-electron chi connectivity index (χ3n) is 3.15. The van der Waals surface area contributed by atoms with E-state index in [1.165, 1.54) is 9.71 Å². The molecule has 0 aliphatic heterocycles. The summed E-state index contributed by atoms with van der Waals surface area (Å²) in [5.74, 6) is 0. The van der Waals surface area contributed by atoms with E-state index in [0.717, 1.165) is 18.4 Å². The molecule has 1 aromatic carbocycles. The Morgan fingerprint density at radius 1 is 1.14 bits per heavy atom. The Bertz CT molecular complexity index is 589. The Labute approximate surface area is 134 Å². The number of nitrogens with zero attached hydrogens (tertiary/aromatic N) is 1. The van der Waals surface area contributed by atoms with Crippen molar-refractivity contribution in [3.05, 3.63) is 66.1 Å². The highest BCUT2D eigenvalue weighted by Crippen LogP contribution is 2.08. The highest BCUT2D eigenvalue weighted by molar-refractivity contribution is 7.92. The molecular weight excluding hydrogens is 294 g/mol. The van der Waals surface area contributed by atoms with Crippen molar-refractivity contribution in [2.24, 2.45) is 0 Å². The first-order valence-electron chi connectivity index (χ1n) is 7.61. The van der Waals surface area contributed by atoms with Crippen LogP contribution in [0.4, 0.5) is 0 Å². The van der Waals surface area contributed by atoms with Crippen LogP contribution in [0.2, 0.25) is 0 Å². The minimum atomic E-state index is -3.37. The number of sulfonamides is 1. The number of hydrogen-bond donors (Lipinski definition) is 0. The SMILES string of the molecule is C=CCCN(CCCC)S(=O)(=O)/C=C/C=C/c1ccccc1. The molecule has 22 heavy (non-hydrogen) atoms. The predicted molar refractivity (Wildman–Crippen MR) is 94.8 cm³/mol. The summed E-state index contributed by atoms with van der Waals surface area (Å²) in [6, 6.07) is 9.78. The number of rotatable bonds is 10. The topological polar surface area (TPSA) is 37.4 Å². The fourth-order valence-corrected chi connectivity index (χ4v) is 3.10. The fourth-order valence-electron chi connectivity index (χ4n) is 1.90. The van der Waals surface area contributed by atoms with Crippen LogP contribution in [-0.4, -0.2) is 25.8 Å². The van der Waals surface area contributed by atoms with Gasteiger partial charge in [0, 0.05) is 18.5 Å². The minimum absolute atomic E-state index is 0.485. The summed E-state index contributed by atoms with van der Waals surface area (Å²) in [6.07, 6.45) is 9.45. The van der Waals surface area contributed by atoms with Gasteiger partial charge in [-0.1, -0.05) is 61.9 Å². The average molecular weight is 319 g/mol. The number of allylic oxidation sites excluding steroid dienone is 2. The summed E-state index contributed by atoms with van der Waals surface area (Å²) in [4.78, 5) is 0. The zero-order valence-corrected chi connectivity index (χ0v) is 14.0. The summed E-state index contributed by atoms with van der Waals surface area (Å²) in [5.41, 5.74) is 1.04. The Morgan fingerprint density at radius 2 is 1.86 bits per heavy atom. The van der Waals surface area contributed by atoms with Gasteiger partial charge in [-0.25, -0.2) is 8.42 Å². The van der Waals surface area contributed by atoms with E-state index in [2.05, 4.69) is 13.5 Å². The monoisotopic (exact) mass is 319 g/mol. The lowest BCUT2D eigenvalue weighted by molar-refractivity contribution is 0.414. The maximum absolute atomic E-state index is 12.3.